The van der Waals surface area contributed by atoms with Crippen LogP contribution in [-0.2, 0) is 16.5 Å². The summed E-state index contributed by atoms with van der Waals surface area (Å²) in [4.78, 5) is 15.2. The van der Waals surface area contributed by atoms with Crippen LogP contribution in [0.4, 0.5) is 18.0 Å². The van der Waals surface area contributed by atoms with Crippen molar-refractivity contribution in [2.24, 2.45) is 0 Å². The van der Waals surface area contributed by atoms with Gasteiger partial charge in [0.1, 0.15) is 12.4 Å². The number of piperidine rings is 2. The molecular weight excluding hydrogens is 507 g/mol. The second kappa shape index (κ2) is 9.59. The van der Waals surface area contributed by atoms with Gasteiger partial charge in [0.25, 0.3) is 0 Å². The maximum atomic E-state index is 13.6. The smallest absolute Gasteiger partial charge is 0.416 e. The topological polar surface area (TPSA) is 59.0 Å². The van der Waals surface area contributed by atoms with Gasteiger partial charge in [0.15, 0.2) is 0 Å². The van der Waals surface area contributed by atoms with Gasteiger partial charge < -0.3 is 19.5 Å². The van der Waals surface area contributed by atoms with Gasteiger partial charge in [-0.15, -0.1) is 0 Å². The lowest BCUT2D eigenvalue weighted by Gasteiger charge is -2.51. The number of alkyl halides is 3. The van der Waals surface area contributed by atoms with Crippen molar-refractivity contribution in [1.82, 2.24) is 4.90 Å². The molecule has 2 heterocycles. The van der Waals surface area contributed by atoms with E-state index in [9.17, 15) is 23.1 Å². The molecule has 2 unspecified atom stereocenters. The summed E-state index contributed by atoms with van der Waals surface area (Å²) >= 11 is 0. The summed E-state index contributed by atoms with van der Waals surface area (Å²) in [6.07, 6.45) is -2.55. The Labute approximate surface area is 225 Å². The average Bonchev–Trinajstić information content (AvgIpc) is 3.24. The normalized spacial score (nSPS) is 24.2. The standard InChI is InChI=1S/C31H30F3NO4/c1-38-23-14-19(13-20(15-23)31(32,33)34)30(37)16-21-7-6-8-22(17-30)35(21)29(36)39-18-28-26-11-4-2-9-24(26)25-10-3-5-12-27(25)28/h2-5,9-15,21-22,28,37H,6-8,16-18H2,1H3. The van der Waals surface area contributed by atoms with Crippen molar-refractivity contribution < 1.29 is 32.5 Å². The van der Waals surface area contributed by atoms with E-state index in [1.165, 1.54) is 13.2 Å². The lowest BCUT2D eigenvalue weighted by Crippen LogP contribution is -2.59. The number of carbonyl (C=O) groups excluding carboxylic acids is 1. The molecule has 8 heteroatoms. The van der Waals surface area contributed by atoms with Gasteiger partial charge in [0, 0.05) is 30.8 Å². The molecule has 2 saturated heterocycles. The lowest BCUT2D eigenvalue weighted by atomic mass is 9.72. The third-order valence-electron chi connectivity index (χ3n) is 8.56. The first-order chi connectivity index (χ1) is 18.7. The summed E-state index contributed by atoms with van der Waals surface area (Å²) in [7, 11) is 1.30. The number of nitrogens with zero attached hydrogens (tertiary/aromatic N) is 1. The maximum Gasteiger partial charge on any atom is 0.416 e. The van der Waals surface area contributed by atoms with E-state index < -0.39 is 23.4 Å². The molecule has 1 aliphatic carbocycles. The number of rotatable bonds is 4. The van der Waals surface area contributed by atoms with E-state index in [0.29, 0.717) is 12.8 Å². The van der Waals surface area contributed by atoms with Gasteiger partial charge in [0.2, 0.25) is 0 Å². The number of hydrogen-bond donors (Lipinski definition) is 1. The van der Waals surface area contributed by atoms with E-state index in [1.54, 1.807) is 4.90 Å². The summed E-state index contributed by atoms with van der Waals surface area (Å²) in [5.41, 5.74) is 2.32. The highest BCUT2D eigenvalue weighted by Crippen LogP contribution is 2.48. The average molecular weight is 538 g/mol. The van der Waals surface area contributed by atoms with E-state index in [0.717, 1.165) is 40.8 Å². The molecule has 2 fully saturated rings. The summed E-state index contributed by atoms with van der Waals surface area (Å²) in [5.74, 6) is -0.0298. The van der Waals surface area contributed by atoms with Crippen molar-refractivity contribution in [1.29, 1.82) is 0 Å². The molecule has 39 heavy (non-hydrogen) atoms. The number of amides is 1. The number of benzene rings is 3. The molecule has 5 nitrogen and oxygen atoms in total. The predicted octanol–water partition coefficient (Wildman–Crippen LogP) is 6.87. The van der Waals surface area contributed by atoms with Crippen LogP contribution in [0.25, 0.3) is 11.1 Å². The quantitative estimate of drug-likeness (QED) is 0.395. The summed E-state index contributed by atoms with van der Waals surface area (Å²) in [5, 5.41) is 11.7. The Hall–Kier alpha value is -3.52. The van der Waals surface area contributed by atoms with Crippen molar-refractivity contribution >= 4 is 6.09 Å². The van der Waals surface area contributed by atoms with Crippen LogP contribution in [0.15, 0.2) is 66.7 Å². The largest absolute Gasteiger partial charge is 0.497 e. The highest BCUT2D eigenvalue weighted by atomic mass is 19.4. The molecule has 0 aromatic heterocycles. The molecule has 2 atom stereocenters. The Morgan fingerprint density at radius 3 is 2.13 bits per heavy atom. The van der Waals surface area contributed by atoms with Gasteiger partial charge in [-0.3, -0.25) is 0 Å². The van der Waals surface area contributed by atoms with Crippen LogP contribution in [0.1, 0.15) is 60.3 Å². The van der Waals surface area contributed by atoms with Crippen molar-refractivity contribution in [3.63, 3.8) is 0 Å². The van der Waals surface area contributed by atoms with Crippen LogP contribution in [0.2, 0.25) is 0 Å². The van der Waals surface area contributed by atoms with E-state index in [2.05, 4.69) is 24.3 Å². The number of hydrogen-bond acceptors (Lipinski definition) is 4. The molecule has 204 valence electrons. The van der Waals surface area contributed by atoms with Gasteiger partial charge in [0.05, 0.1) is 18.3 Å². The van der Waals surface area contributed by atoms with Gasteiger partial charge in [-0.2, -0.15) is 13.2 Å². The molecule has 0 saturated carbocycles. The molecule has 1 amide bonds. The highest BCUT2D eigenvalue weighted by Gasteiger charge is 2.49. The van der Waals surface area contributed by atoms with Crippen molar-refractivity contribution in [2.75, 3.05) is 13.7 Å². The third-order valence-corrected chi connectivity index (χ3v) is 8.56. The Balaban J connectivity index is 1.22. The number of methoxy groups -OCH3 is 1. The second-order valence-corrected chi connectivity index (χ2v) is 10.8. The number of carbonyl (C=O) groups is 1. The highest BCUT2D eigenvalue weighted by molar-refractivity contribution is 5.79. The van der Waals surface area contributed by atoms with Crippen molar-refractivity contribution in [2.45, 2.75) is 61.9 Å². The molecule has 3 aromatic rings. The first-order valence-corrected chi connectivity index (χ1v) is 13.3. The fourth-order valence-electron chi connectivity index (χ4n) is 6.78. The van der Waals surface area contributed by atoms with Gasteiger partial charge in [-0.05, 0) is 65.3 Å². The van der Waals surface area contributed by atoms with E-state index in [1.807, 2.05) is 24.3 Å². The lowest BCUT2D eigenvalue weighted by molar-refractivity contribution is -0.138. The molecule has 6 rings (SSSR count). The van der Waals surface area contributed by atoms with Gasteiger partial charge >= 0.3 is 12.3 Å². The minimum atomic E-state index is -4.57. The number of ether oxygens (including phenoxy) is 2. The Bertz CT molecular complexity index is 1350. The predicted molar refractivity (Wildman–Crippen MR) is 139 cm³/mol. The molecule has 0 spiro atoms. The Morgan fingerprint density at radius 1 is 0.974 bits per heavy atom. The second-order valence-electron chi connectivity index (χ2n) is 10.8. The van der Waals surface area contributed by atoms with Crippen LogP contribution < -0.4 is 4.74 Å². The maximum absolute atomic E-state index is 13.6. The van der Waals surface area contributed by atoms with Gasteiger partial charge in [-0.25, -0.2) is 4.79 Å². The zero-order valence-corrected chi connectivity index (χ0v) is 21.6. The number of fused-ring (bicyclic) bond motifs is 5. The van der Waals surface area contributed by atoms with Crippen LogP contribution in [0, 0.1) is 0 Å². The minimum absolute atomic E-state index is 0.0392. The van der Waals surface area contributed by atoms with Crippen LogP contribution in [0.3, 0.4) is 0 Å². The molecular formula is C31H30F3NO4. The van der Waals surface area contributed by atoms with Crippen molar-refractivity contribution in [3.8, 4) is 16.9 Å². The van der Waals surface area contributed by atoms with E-state index in [-0.39, 0.29) is 48.8 Å². The molecule has 1 N–H and O–H groups in total. The first kappa shape index (κ1) is 25.7. The van der Waals surface area contributed by atoms with Crippen LogP contribution in [-0.4, -0.2) is 41.9 Å². The minimum Gasteiger partial charge on any atom is -0.497 e. The zero-order chi connectivity index (χ0) is 27.4. The molecule has 2 aliphatic heterocycles. The number of aliphatic hydroxyl groups is 1. The molecule has 3 aromatic carbocycles. The zero-order valence-electron chi connectivity index (χ0n) is 21.6. The molecule has 2 bridgehead atoms. The Morgan fingerprint density at radius 2 is 1.56 bits per heavy atom. The Kier molecular flexibility index (Phi) is 6.33. The number of halogens is 3. The van der Waals surface area contributed by atoms with E-state index >= 15 is 0 Å². The van der Waals surface area contributed by atoms with E-state index in [4.69, 9.17) is 9.47 Å². The fourth-order valence-corrected chi connectivity index (χ4v) is 6.78. The monoisotopic (exact) mass is 537 g/mol. The molecule has 3 aliphatic rings. The third kappa shape index (κ3) is 4.54. The van der Waals surface area contributed by atoms with Crippen molar-refractivity contribution in [3.05, 3.63) is 89.0 Å². The van der Waals surface area contributed by atoms with Crippen LogP contribution in [0.5, 0.6) is 5.75 Å². The van der Waals surface area contributed by atoms with Gasteiger partial charge in [-0.1, -0.05) is 48.5 Å². The summed E-state index contributed by atoms with van der Waals surface area (Å²) in [6, 6.07) is 19.0. The summed E-state index contributed by atoms with van der Waals surface area (Å²) in [6.45, 7) is 0.192. The fraction of sp³-hybridized carbons (Fsp3) is 0.387. The first-order valence-electron chi connectivity index (χ1n) is 13.3. The van der Waals surface area contributed by atoms with Crippen LogP contribution >= 0.6 is 0 Å². The molecule has 0 radical (unpaired) electrons. The summed E-state index contributed by atoms with van der Waals surface area (Å²) < 4.78 is 51.7. The SMILES string of the molecule is COc1cc(C(F)(F)F)cc(C2(O)CC3CCCC(C2)N3C(=O)OCC2c3ccccc3-c3ccccc32)c1.